The Bertz CT molecular complexity index is 2690. The fraction of sp³-hybridized carbons (Fsp3) is 0.333. The number of hydrogen-bond acceptors (Lipinski definition) is 13. The van der Waals surface area contributed by atoms with Crippen LogP contribution in [0.3, 0.4) is 0 Å². The van der Waals surface area contributed by atoms with Crippen LogP contribution in [0.4, 0.5) is 0 Å². The second-order valence-electron chi connectivity index (χ2n) is 14.3. The van der Waals surface area contributed by atoms with Crippen molar-refractivity contribution in [1.29, 1.82) is 0 Å². The topological polar surface area (TPSA) is 185 Å². The molecule has 62 heavy (non-hydrogen) atoms. The molecule has 0 spiro atoms. The van der Waals surface area contributed by atoms with Gasteiger partial charge in [-0.15, -0.1) is 22.7 Å². The molecule has 0 radical (unpaired) electrons. The maximum atomic E-state index is 12.0. The van der Waals surface area contributed by atoms with Gasteiger partial charge in [-0.25, -0.2) is 9.36 Å². The highest BCUT2D eigenvalue weighted by molar-refractivity contribution is 7.88. The Morgan fingerprint density at radius 3 is 1.50 bits per heavy atom. The van der Waals surface area contributed by atoms with Crippen LogP contribution < -0.4 is 9.47 Å². The van der Waals surface area contributed by atoms with E-state index in [1.807, 2.05) is 7.05 Å². The quantitative estimate of drug-likeness (QED) is 0.0693. The summed E-state index contributed by atoms with van der Waals surface area (Å²) in [5, 5.41) is 11.3. The molecule has 0 saturated heterocycles. The van der Waals surface area contributed by atoms with E-state index in [0.29, 0.717) is 102 Å². The summed E-state index contributed by atoms with van der Waals surface area (Å²) in [5.74, 6) is 0.647. The second kappa shape index (κ2) is 18.7. The van der Waals surface area contributed by atoms with E-state index < -0.39 is 20.2 Å². The van der Waals surface area contributed by atoms with E-state index in [2.05, 4.69) is 4.90 Å². The highest BCUT2D eigenvalue weighted by Gasteiger charge is 2.32. The van der Waals surface area contributed by atoms with E-state index in [9.17, 15) is 25.9 Å². The fourth-order valence-corrected chi connectivity index (χ4v) is 11.8. The zero-order chi connectivity index (χ0) is 43.9. The third kappa shape index (κ3) is 9.70. The fourth-order valence-electron chi connectivity index (χ4n) is 7.22. The molecular formula is C39H37Cl4N5O10S4. The third-order valence-corrected chi connectivity index (χ3v) is 16.0. The zero-order valence-corrected chi connectivity index (χ0v) is 38.9. The first-order valence-corrected chi connectivity index (χ1v) is 25.0. The summed E-state index contributed by atoms with van der Waals surface area (Å²) in [4.78, 5) is 3.18. The molecule has 15 nitrogen and oxygen atoms in total. The SMILES string of the molecule is CN(CCCOCc1nn(-c2ccc(Cl)cc2Cl)c2c1CCOc1cc(S(=O)(=O)O)sc1-2)CCCOCc1nn(-c2ccc(Cl)cc2Cl)c2c1CCOc1cc(S(=O)(=O)O)sc1-2. The molecule has 8 rings (SSSR count). The molecule has 2 aromatic carbocycles. The van der Waals surface area contributed by atoms with Gasteiger partial charge in [0.15, 0.2) is 8.42 Å². The molecule has 2 N–H and O–H groups in total. The lowest BCUT2D eigenvalue weighted by Crippen LogP contribution is -2.23. The predicted molar refractivity (Wildman–Crippen MR) is 238 cm³/mol. The lowest BCUT2D eigenvalue weighted by atomic mass is 10.1. The van der Waals surface area contributed by atoms with Crippen LogP contribution in [0.15, 0.2) is 56.9 Å². The van der Waals surface area contributed by atoms with Gasteiger partial charge in [0.2, 0.25) is 0 Å². The van der Waals surface area contributed by atoms with Crippen molar-refractivity contribution >= 4 is 89.3 Å². The minimum absolute atomic E-state index is 0.190. The molecule has 2 aliphatic rings. The Morgan fingerprint density at radius 1 is 0.694 bits per heavy atom. The molecule has 2 aliphatic heterocycles. The Labute approximate surface area is 385 Å². The van der Waals surface area contributed by atoms with E-state index in [-0.39, 0.29) is 34.8 Å². The Balaban J connectivity index is 0.877. The van der Waals surface area contributed by atoms with Gasteiger partial charge in [-0.05, 0) is 56.3 Å². The van der Waals surface area contributed by atoms with E-state index in [4.69, 9.17) is 75.5 Å². The van der Waals surface area contributed by atoms with Crippen molar-refractivity contribution in [3.63, 3.8) is 0 Å². The van der Waals surface area contributed by atoms with Crippen LogP contribution in [0.2, 0.25) is 20.1 Å². The molecule has 330 valence electrons. The van der Waals surface area contributed by atoms with Gasteiger partial charge in [0, 0.05) is 72.4 Å². The van der Waals surface area contributed by atoms with Crippen LogP contribution >= 0.6 is 69.1 Å². The van der Waals surface area contributed by atoms with Crippen LogP contribution in [0.1, 0.15) is 35.4 Å². The number of rotatable bonds is 16. The van der Waals surface area contributed by atoms with Gasteiger partial charge in [0.05, 0.1) is 80.4 Å². The first-order chi connectivity index (χ1) is 29.6. The summed E-state index contributed by atoms with van der Waals surface area (Å²) in [6.07, 6.45) is 2.44. The first kappa shape index (κ1) is 45.3. The molecule has 0 saturated carbocycles. The molecular weight excluding hydrogens is 969 g/mol. The molecule has 0 aliphatic carbocycles. The number of ether oxygens (including phenoxy) is 4. The Kier molecular flexibility index (Phi) is 13.6. The Hall–Kier alpha value is -3.28. The van der Waals surface area contributed by atoms with Gasteiger partial charge in [-0.3, -0.25) is 9.11 Å². The summed E-state index contributed by atoms with van der Waals surface area (Å²) in [7, 11) is -6.93. The van der Waals surface area contributed by atoms with E-state index >= 15 is 0 Å². The van der Waals surface area contributed by atoms with E-state index in [1.165, 1.54) is 12.1 Å². The lowest BCUT2D eigenvalue weighted by molar-refractivity contribution is 0.0980. The highest BCUT2D eigenvalue weighted by atomic mass is 35.5. The van der Waals surface area contributed by atoms with Gasteiger partial charge in [-0.2, -0.15) is 27.0 Å². The number of fused-ring (bicyclic) bond motifs is 6. The predicted octanol–water partition coefficient (Wildman–Crippen LogP) is 8.94. The van der Waals surface area contributed by atoms with Gasteiger partial charge in [0.25, 0.3) is 0 Å². The summed E-state index contributed by atoms with van der Waals surface area (Å²) in [6, 6.07) is 12.7. The van der Waals surface area contributed by atoms with Crippen molar-refractivity contribution in [2.24, 2.45) is 0 Å². The van der Waals surface area contributed by atoms with Gasteiger partial charge < -0.3 is 23.8 Å². The maximum Gasteiger partial charge on any atom is 0.304 e. The second-order valence-corrected chi connectivity index (χ2v) is 21.4. The number of aromatic nitrogens is 4. The molecule has 4 aromatic heterocycles. The largest absolute Gasteiger partial charge is 0.492 e. The zero-order valence-electron chi connectivity index (χ0n) is 32.6. The molecule has 0 amide bonds. The van der Waals surface area contributed by atoms with Gasteiger partial charge in [-0.1, -0.05) is 46.4 Å². The van der Waals surface area contributed by atoms with E-state index in [0.717, 1.165) is 59.7 Å². The number of halogens is 4. The van der Waals surface area contributed by atoms with Crippen molar-refractivity contribution in [2.45, 2.75) is 47.3 Å². The number of benzene rings is 2. The molecule has 0 atom stereocenters. The number of hydrogen-bond donors (Lipinski definition) is 2. The van der Waals surface area contributed by atoms with Gasteiger partial charge in [0.1, 0.15) is 11.5 Å². The summed E-state index contributed by atoms with van der Waals surface area (Å²) in [5.41, 5.74) is 5.24. The molecule has 0 fully saturated rings. The Morgan fingerprint density at radius 2 is 1.11 bits per heavy atom. The first-order valence-electron chi connectivity index (χ1n) is 19.0. The third-order valence-electron chi connectivity index (χ3n) is 10.1. The smallest absolute Gasteiger partial charge is 0.304 e. The standard InChI is InChI=1S/C39H37Cl4N5O10S4/c1-46(10-2-12-55-20-28-24-8-14-57-32-18-34(61(49,50)51)59-38(32)36(24)47(44-28)30-6-4-22(40)16-26(30)42)11-3-13-56-21-29-25-9-15-58-33-19-35(62(52,53)54)60-39(33)37(25)48(45-29)31-7-5-23(41)17-27(31)43/h4-7,16-19H,2-3,8-15,20-21H2,1H3,(H,49,50,51)(H,52,53,54). The number of thiophene rings is 2. The number of nitrogens with zero attached hydrogens (tertiary/aromatic N) is 5. The molecule has 6 heterocycles. The van der Waals surface area contributed by atoms with Crippen LogP contribution in [-0.4, -0.2) is 97.0 Å². The average molecular weight is 1010 g/mol. The van der Waals surface area contributed by atoms with Crippen molar-refractivity contribution in [3.8, 4) is 44.0 Å². The molecule has 6 aromatic rings. The van der Waals surface area contributed by atoms with E-state index in [1.54, 1.807) is 45.8 Å². The average Bonchev–Trinajstić information content (AvgIpc) is 3.94. The minimum atomic E-state index is -4.47. The normalized spacial score (nSPS) is 13.8. The molecule has 0 unspecified atom stereocenters. The van der Waals surface area contributed by atoms with Crippen LogP contribution in [0.25, 0.3) is 32.5 Å². The molecule has 0 bridgehead atoms. The highest BCUT2D eigenvalue weighted by Crippen LogP contribution is 2.47. The molecule has 23 heteroatoms. The minimum Gasteiger partial charge on any atom is -0.492 e. The summed E-state index contributed by atoms with van der Waals surface area (Å²) >= 11 is 27.4. The summed E-state index contributed by atoms with van der Waals surface area (Å²) < 4.78 is 94.7. The van der Waals surface area contributed by atoms with Crippen LogP contribution in [0, 0.1) is 0 Å². The van der Waals surface area contributed by atoms with Crippen molar-refractivity contribution < 1.29 is 44.9 Å². The monoisotopic (exact) mass is 1000 g/mol. The van der Waals surface area contributed by atoms with Crippen molar-refractivity contribution in [2.75, 3.05) is 46.6 Å². The van der Waals surface area contributed by atoms with Crippen LogP contribution in [-0.2, 0) is 55.8 Å². The lowest BCUT2D eigenvalue weighted by Gasteiger charge is -2.16. The van der Waals surface area contributed by atoms with Crippen molar-refractivity contribution in [1.82, 2.24) is 24.5 Å². The summed E-state index contributed by atoms with van der Waals surface area (Å²) in [6.45, 7) is 3.31. The van der Waals surface area contributed by atoms with Crippen molar-refractivity contribution in [3.05, 3.63) is 91.1 Å². The van der Waals surface area contributed by atoms with Gasteiger partial charge >= 0.3 is 20.2 Å². The van der Waals surface area contributed by atoms with Crippen LogP contribution in [0.5, 0.6) is 11.5 Å². The maximum absolute atomic E-state index is 12.0.